The molecule has 0 fully saturated rings. The summed E-state index contributed by atoms with van der Waals surface area (Å²) in [4.78, 5) is 11.6. The molecule has 0 bridgehead atoms. The Balaban J connectivity index is 3.43. The van der Waals surface area contributed by atoms with Crippen LogP contribution in [0.1, 0.15) is 98.8 Å². The van der Waals surface area contributed by atoms with E-state index in [-0.39, 0.29) is 12.1 Å². The van der Waals surface area contributed by atoms with E-state index < -0.39 is 0 Å². The summed E-state index contributed by atoms with van der Waals surface area (Å²) in [5.41, 5.74) is 0. The standard InChI is InChI=1S/C21H40O2/c1-6-7-15-19(4)16-13-11-9-8-10-12-14-17-21(22)23-20(5)18(2)3/h13,16,18-20H,6-12,14-15,17H2,1-5H3/b16-13-. The molecule has 0 amide bonds. The molecule has 136 valence electrons. The van der Waals surface area contributed by atoms with E-state index in [0.29, 0.717) is 12.3 Å². The van der Waals surface area contributed by atoms with Crippen LogP contribution in [0.25, 0.3) is 0 Å². The van der Waals surface area contributed by atoms with Crippen LogP contribution in [0.3, 0.4) is 0 Å². The molecule has 2 unspecified atom stereocenters. The van der Waals surface area contributed by atoms with Gasteiger partial charge in [0, 0.05) is 6.42 Å². The quantitative estimate of drug-likeness (QED) is 0.202. The molecule has 0 rings (SSSR count). The Bertz CT molecular complexity index is 307. The van der Waals surface area contributed by atoms with E-state index >= 15 is 0 Å². The van der Waals surface area contributed by atoms with Gasteiger partial charge in [-0.05, 0) is 44.4 Å². The van der Waals surface area contributed by atoms with Gasteiger partial charge in [0.05, 0.1) is 0 Å². The highest BCUT2D eigenvalue weighted by Crippen LogP contribution is 2.12. The van der Waals surface area contributed by atoms with Crippen LogP contribution in [0, 0.1) is 11.8 Å². The van der Waals surface area contributed by atoms with Crippen LogP contribution in [-0.2, 0) is 9.53 Å². The van der Waals surface area contributed by atoms with Crippen molar-refractivity contribution in [1.29, 1.82) is 0 Å². The zero-order valence-corrected chi connectivity index (χ0v) is 16.3. The van der Waals surface area contributed by atoms with Gasteiger partial charge in [-0.1, -0.05) is 72.0 Å². The molecular formula is C21H40O2. The summed E-state index contributed by atoms with van der Waals surface area (Å²) in [5, 5.41) is 0. The second-order valence-corrected chi connectivity index (χ2v) is 7.29. The van der Waals surface area contributed by atoms with Gasteiger partial charge in [0.1, 0.15) is 6.10 Å². The second-order valence-electron chi connectivity index (χ2n) is 7.29. The maximum atomic E-state index is 11.6. The Morgan fingerprint density at radius 1 is 0.957 bits per heavy atom. The third-order valence-electron chi connectivity index (χ3n) is 4.49. The molecule has 0 radical (unpaired) electrons. The van der Waals surface area contributed by atoms with Gasteiger partial charge in [-0.2, -0.15) is 0 Å². The largest absolute Gasteiger partial charge is 0.462 e. The Kier molecular flexibility index (Phi) is 14.3. The highest BCUT2D eigenvalue weighted by Gasteiger charge is 2.12. The highest BCUT2D eigenvalue weighted by molar-refractivity contribution is 5.69. The minimum atomic E-state index is -0.0322. The van der Waals surface area contributed by atoms with E-state index in [1.807, 2.05) is 6.92 Å². The maximum absolute atomic E-state index is 11.6. The number of unbranched alkanes of at least 4 members (excludes halogenated alkanes) is 6. The van der Waals surface area contributed by atoms with Crippen LogP contribution in [0.4, 0.5) is 0 Å². The number of hydrogen-bond donors (Lipinski definition) is 0. The predicted molar refractivity (Wildman–Crippen MR) is 101 cm³/mol. The maximum Gasteiger partial charge on any atom is 0.306 e. The number of esters is 1. The first-order valence-electron chi connectivity index (χ1n) is 9.83. The van der Waals surface area contributed by atoms with Crippen molar-refractivity contribution in [3.63, 3.8) is 0 Å². The predicted octanol–water partition coefficient (Wildman–Crippen LogP) is 6.69. The lowest BCUT2D eigenvalue weighted by Crippen LogP contribution is -2.19. The summed E-state index contributed by atoms with van der Waals surface area (Å²) < 4.78 is 5.37. The monoisotopic (exact) mass is 324 g/mol. The summed E-state index contributed by atoms with van der Waals surface area (Å²) in [5.74, 6) is 1.10. The number of allylic oxidation sites excluding steroid dienone is 2. The van der Waals surface area contributed by atoms with Crippen molar-refractivity contribution in [2.24, 2.45) is 11.8 Å². The van der Waals surface area contributed by atoms with E-state index in [4.69, 9.17) is 4.74 Å². The zero-order valence-electron chi connectivity index (χ0n) is 16.3. The molecule has 0 aromatic carbocycles. The molecule has 0 heterocycles. The van der Waals surface area contributed by atoms with Crippen molar-refractivity contribution in [1.82, 2.24) is 0 Å². The lowest BCUT2D eigenvalue weighted by molar-refractivity contribution is -0.150. The molecule has 0 aliphatic carbocycles. The number of ether oxygens (including phenoxy) is 1. The van der Waals surface area contributed by atoms with Gasteiger partial charge in [-0.15, -0.1) is 0 Å². The average molecular weight is 325 g/mol. The van der Waals surface area contributed by atoms with Crippen molar-refractivity contribution in [2.45, 2.75) is 105 Å². The fraction of sp³-hybridized carbons (Fsp3) is 0.857. The van der Waals surface area contributed by atoms with Crippen LogP contribution in [0.2, 0.25) is 0 Å². The smallest absolute Gasteiger partial charge is 0.306 e. The molecule has 0 aromatic heterocycles. The van der Waals surface area contributed by atoms with Gasteiger partial charge in [0.15, 0.2) is 0 Å². The van der Waals surface area contributed by atoms with Crippen molar-refractivity contribution in [3.8, 4) is 0 Å². The third kappa shape index (κ3) is 14.5. The molecule has 2 heteroatoms. The molecule has 2 atom stereocenters. The molecule has 23 heavy (non-hydrogen) atoms. The molecule has 0 aliphatic heterocycles. The number of rotatable bonds is 14. The van der Waals surface area contributed by atoms with Crippen molar-refractivity contribution in [3.05, 3.63) is 12.2 Å². The van der Waals surface area contributed by atoms with Crippen LogP contribution < -0.4 is 0 Å². The van der Waals surface area contributed by atoms with Gasteiger partial charge in [0.25, 0.3) is 0 Å². The van der Waals surface area contributed by atoms with E-state index in [1.165, 1.54) is 44.9 Å². The fourth-order valence-corrected chi connectivity index (χ4v) is 2.42. The van der Waals surface area contributed by atoms with E-state index in [9.17, 15) is 4.79 Å². The van der Waals surface area contributed by atoms with Crippen LogP contribution >= 0.6 is 0 Å². The SMILES string of the molecule is CCCCC(C)/C=C\CCCCCCCC(=O)OC(C)C(C)C. The van der Waals surface area contributed by atoms with Crippen molar-refractivity contribution >= 4 is 5.97 Å². The van der Waals surface area contributed by atoms with Gasteiger partial charge in [-0.3, -0.25) is 4.79 Å². The molecular weight excluding hydrogens is 284 g/mol. The first-order valence-corrected chi connectivity index (χ1v) is 9.83. The molecule has 0 N–H and O–H groups in total. The number of carbonyl (C=O) groups excluding carboxylic acids is 1. The molecule has 2 nitrogen and oxygen atoms in total. The fourth-order valence-electron chi connectivity index (χ4n) is 2.42. The minimum Gasteiger partial charge on any atom is -0.462 e. The second kappa shape index (κ2) is 14.8. The summed E-state index contributed by atoms with van der Waals surface area (Å²) >= 11 is 0. The Morgan fingerprint density at radius 2 is 1.61 bits per heavy atom. The van der Waals surface area contributed by atoms with Gasteiger partial charge < -0.3 is 4.74 Å². The van der Waals surface area contributed by atoms with E-state index in [2.05, 4.69) is 39.8 Å². The molecule has 0 saturated carbocycles. The average Bonchev–Trinajstić information content (AvgIpc) is 2.50. The molecule has 0 aromatic rings. The van der Waals surface area contributed by atoms with Gasteiger partial charge in [0.2, 0.25) is 0 Å². The number of hydrogen-bond acceptors (Lipinski definition) is 2. The lowest BCUT2D eigenvalue weighted by Gasteiger charge is -2.16. The number of carbonyl (C=O) groups is 1. The first kappa shape index (κ1) is 22.2. The van der Waals surface area contributed by atoms with Crippen LogP contribution in [0.5, 0.6) is 0 Å². The molecule has 0 saturated heterocycles. The lowest BCUT2D eigenvalue weighted by atomic mass is 10.0. The third-order valence-corrected chi connectivity index (χ3v) is 4.49. The van der Waals surface area contributed by atoms with E-state index in [1.54, 1.807) is 0 Å². The van der Waals surface area contributed by atoms with Crippen molar-refractivity contribution in [2.75, 3.05) is 0 Å². The summed E-state index contributed by atoms with van der Waals surface area (Å²) in [7, 11) is 0. The summed E-state index contributed by atoms with van der Waals surface area (Å²) in [6.45, 7) is 10.7. The van der Waals surface area contributed by atoms with Gasteiger partial charge in [-0.25, -0.2) is 0 Å². The Hall–Kier alpha value is -0.790. The zero-order chi connectivity index (χ0) is 17.5. The normalized spacial score (nSPS) is 14.3. The van der Waals surface area contributed by atoms with Crippen LogP contribution in [-0.4, -0.2) is 12.1 Å². The molecule has 0 spiro atoms. The summed E-state index contributed by atoms with van der Waals surface area (Å²) in [6, 6.07) is 0. The highest BCUT2D eigenvalue weighted by atomic mass is 16.5. The van der Waals surface area contributed by atoms with E-state index in [0.717, 1.165) is 18.8 Å². The summed E-state index contributed by atoms with van der Waals surface area (Å²) in [6.07, 6.45) is 16.4. The Labute approximate surface area is 145 Å². The minimum absolute atomic E-state index is 0.0322. The van der Waals surface area contributed by atoms with Crippen LogP contribution in [0.15, 0.2) is 12.2 Å². The molecule has 0 aliphatic rings. The Morgan fingerprint density at radius 3 is 2.26 bits per heavy atom. The first-order chi connectivity index (χ1) is 11.0. The van der Waals surface area contributed by atoms with Crippen molar-refractivity contribution < 1.29 is 9.53 Å². The topological polar surface area (TPSA) is 26.3 Å². The van der Waals surface area contributed by atoms with Gasteiger partial charge >= 0.3 is 5.97 Å².